The van der Waals surface area contributed by atoms with Gasteiger partial charge in [-0.15, -0.1) is 0 Å². The highest BCUT2D eigenvalue weighted by Gasteiger charge is 2.24. The minimum Gasteiger partial charge on any atom is -0.481 e. The minimum atomic E-state index is -0.613. The lowest BCUT2D eigenvalue weighted by Crippen LogP contribution is -2.17. The van der Waals surface area contributed by atoms with Gasteiger partial charge in [0.25, 0.3) is 0 Å². The lowest BCUT2D eigenvalue weighted by atomic mass is 9.82. The van der Waals surface area contributed by atoms with Crippen LogP contribution >= 0.6 is 0 Å². The quantitative estimate of drug-likeness (QED) is 0.702. The molecule has 0 amide bonds. The van der Waals surface area contributed by atoms with Gasteiger partial charge in [-0.3, -0.25) is 4.79 Å². The molecule has 2 atom stereocenters. The van der Waals surface area contributed by atoms with Gasteiger partial charge in [0.15, 0.2) is 0 Å². The first-order valence-electron chi connectivity index (χ1n) is 5.95. The van der Waals surface area contributed by atoms with Gasteiger partial charge in [0, 0.05) is 6.42 Å². The Morgan fingerprint density at radius 2 is 1.86 bits per heavy atom. The highest BCUT2D eigenvalue weighted by molar-refractivity contribution is 5.67. The number of carboxylic acid groups (broad SMARTS) is 1. The van der Waals surface area contributed by atoms with E-state index in [1.165, 1.54) is 38.5 Å². The Morgan fingerprint density at radius 1 is 1.21 bits per heavy atom. The van der Waals surface area contributed by atoms with E-state index in [1.807, 2.05) is 0 Å². The summed E-state index contributed by atoms with van der Waals surface area (Å²) >= 11 is 0. The average molecular weight is 198 g/mol. The predicted octanol–water partition coefficient (Wildman–Crippen LogP) is 3.46. The molecule has 0 aromatic carbocycles. The van der Waals surface area contributed by atoms with Gasteiger partial charge in [-0.25, -0.2) is 0 Å². The molecular weight excluding hydrogens is 176 g/mol. The smallest absolute Gasteiger partial charge is 0.303 e. The zero-order valence-corrected chi connectivity index (χ0v) is 9.17. The van der Waals surface area contributed by atoms with E-state index < -0.39 is 5.97 Å². The standard InChI is InChI=1S/C12H22O2/c1-2-6-10-7-4-3-5-8-11(10)9-12(13)14/h10-11H,2-9H2,1H3,(H,13,14). The van der Waals surface area contributed by atoms with Gasteiger partial charge in [-0.05, 0) is 18.3 Å². The first-order chi connectivity index (χ1) is 6.74. The van der Waals surface area contributed by atoms with E-state index in [2.05, 4.69) is 6.92 Å². The summed E-state index contributed by atoms with van der Waals surface area (Å²) < 4.78 is 0. The summed E-state index contributed by atoms with van der Waals surface area (Å²) in [5.41, 5.74) is 0. The Balaban J connectivity index is 2.49. The summed E-state index contributed by atoms with van der Waals surface area (Å²) in [5.74, 6) is 0.520. The Morgan fingerprint density at radius 3 is 2.43 bits per heavy atom. The molecule has 2 unspecified atom stereocenters. The Hall–Kier alpha value is -0.530. The van der Waals surface area contributed by atoms with Crippen LogP contribution in [-0.2, 0) is 4.79 Å². The Labute approximate surface area is 86.7 Å². The molecule has 1 N–H and O–H groups in total. The Kier molecular flexibility index (Phi) is 4.99. The fourth-order valence-electron chi connectivity index (χ4n) is 2.71. The van der Waals surface area contributed by atoms with Crippen molar-refractivity contribution in [3.8, 4) is 0 Å². The maximum atomic E-state index is 10.7. The molecule has 0 bridgehead atoms. The monoisotopic (exact) mass is 198 g/mol. The van der Waals surface area contributed by atoms with Gasteiger partial charge in [0.1, 0.15) is 0 Å². The molecule has 1 aliphatic rings. The zero-order chi connectivity index (χ0) is 10.4. The number of carboxylic acids is 1. The summed E-state index contributed by atoms with van der Waals surface area (Å²) in [4.78, 5) is 10.7. The first kappa shape index (κ1) is 11.5. The van der Waals surface area contributed by atoms with Crippen molar-refractivity contribution in [2.75, 3.05) is 0 Å². The van der Waals surface area contributed by atoms with Crippen molar-refractivity contribution < 1.29 is 9.90 Å². The second-order valence-corrected chi connectivity index (χ2v) is 4.54. The molecular formula is C12H22O2. The summed E-state index contributed by atoms with van der Waals surface area (Å²) in [6.07, 6.45) is 9.04. The van der Waals surface area contributed by atoms with E-state index in [-0.39, 0.29) is 0 Å². The molecule has 14 heavy (non-hydrogen) atoms. The summed E-state index contributed by atoms with van der Waals surface area (Å²) in [5, 5.41) is 8.84. The molecule has 0 heterocycles. The molecule has 1 fully saturated rings. The van der Waals surface area contributed by atoms with Gasteiger partial charge < -0.3 is 5.11 Å². The predicted molar refractivity (Wildman–Crippen MR) is 57.2 cm³/mol. The first-order valence-corrected chi connectivity index (χ1v) is 5.95. The molecule has 1 rings (SSSR count). The van der Waals surface area contributed by atoms with Gasteiger partial charge in [-0.2, -0.15) is 0 Å². The van der Waals surface area contributed by atoms with Crippen LogP contribution in [0.15, 0.2) is 0 Å². The molecule has 0 aromatic rings. The van der Waals surface area contributed by atoms with E-state index >= 15 is 0 Å². The van der Waals surface area contributed by atoms with Crippen LogP contribution in [0.2, 0.25) is 0 Å². The lowest BCUT2D eigenvalue weighted by molar-refractivity contribution is -0.138. The van der Waals surface area contributed by atoms with E-state index in [0.717, 1.165) is 6.42 Å². The third-order valence-electron chi connectivity index (χ3n) is 3.41. The summed E-state index contributed by atoms with van der Waals surface area (Å²) in [6, 6.07) is 0. The Bertz CT molecular complexity index is 177. The molecule has 0 aromatic heterocycles. The van der Waals surface area contributed by atoms with Gasteiger partial charge >= 0.3 is 5.97 Å². The molecule has 2 nitrogen and oxygen atoms in total. The highest BCUT2D eigenvalue weighted by atomic mass is 16.4. The van der Waals surface area contributed by atoms with Gasteiger partial charge in [0.2, 0.25) is 0 Å². The second kappa shape index (κ2) is 6.05. The van der Waals surface area contributed by atoms with Crippen molar-refractivity contribution in [3.05, 3.63) is 0 Å². The van der Waals surface area contributed by atoms with Crippen molar-refractivity contribution in [2.45, 2.75) is 58.3 Å². The molecule has 2 heteroatoms. The van der Waals surface area contributed by atoms with Crippen LogP contribution in [0.5, 0.6) is 0 Å². The third kappa shape index (κ3) is 3.69. The number of hydrogen-bond acceptors (Lipinski definition) is 1. The third-order valence-corrected chi connectivity index (χ3v) is 3.41. The summed E-state index contributed by atoms with van der Waals surface area (Å²) in [7, 11) is 0. The van der Waals surface area contributed by atoms with Crippen LogP contribution in [0.4, 0.5) is 0 Å². The maximum Gasteiger partial charge on any atom is 0.303 e. The number of rotatable bonds is 4. The average Bonchev–Trinajstić information content (AvgIpc) is 2.32. The van der Waals surface area contributed by atoms with Gasteiger partial charge in [-0.1, -0.05) is 45.4 Å². The van der Waals surface area contributed by atoms with Crippen molar-refractivity contribution in [3.63, 3.8) is 0 Å². The molecule has 1 aliphatic carbocycles. The molecule has 0 saturated heterocycles. The van der Waals surface area contributed by atoms with Crippen molar-refractivity contribution in [1.82, 2.24) is 0 Å². The second-order valence-electron chi connectivity index (χ2n) is 4.54. The zero-order valence-electron chi connectivity index (χ0n) is 9.17. The lowest BCUT2D eigenvalue weighted by Gasteiger charge is -2.23. The van der Waals surface area contributed by atoms with E-state index in [0.29, 0.717) is 18.3 Å². The van der Waals surface area contributed by atoms with Crippen LogP contribution < -0.4 is 0 Å². The number of carbonyl (C=O) groups is 1. The van der Waals surface area contributed by atoms with Crippen LogP contribution in [0.25, 0.3) is 0 Å². The van der Waals surface area contributed by atoms with E-state index in [4.69, 9.17) is 5.11 Å². The van der Waals surface area contributed by atoms with Crippen LogP contribution in [0, 0.1) is 11.8 Å². The maximum absolute atomic E-state index is 10.7. The molecule has 0 spiro atoms. The van der Waals surface area contributed by atoms with Gasteiger partial charge in [0.05, 0.1) is 0 Å². The van der Waals surface area contributed by atoms with Crippen LogP contribution in [0.1, 0.15) is 58.3 Å². The SMILES string of the molecule is CCCC1CCCCCC1CC(=O)O. The van der Waals surface area contributed by atoms with Crippen molar-refractivity contribution >= 4 is 5.97 Å². The molecule has 0 aliphatic heterocycles. The van der Waals surface area contributed by atoms with Crippen molar-refractivity contribution in [1.29, 1.82) is 0 Å². The highest BCUT2D eigenvalue weighted by Crippen LogP contribution is 2.33. The van der Waals surface area contributed by atoms with E-state index in [1.54, 1.807) is 0 Å². The minimum absolute atomic E-state index is 0.394. The number of aliphatic carboxylic acids is 1. The van der Waals surface area contributed by atoms with Crippen LogP contribution in [-0.4, -0.2) is 11.1 Å². The van der Waals surface area contributed by atoms with Crippen molar-refractivity contribution in [2.24, 2.45) is 11.8 Å². The van der Waals surface area contributed by atoms with Crippen LogP contribution in [0.3, 0.4) is 0 Å². The topological polar surface area (TPSA) is 37.3 Å². The number of hydrogen-bond donors (Lipinski definition) is 1. The van der Waals surface area contributed by atoms with E-state index in [9.17, 15) is 4.79 Å². The fraction of sp³-hybridized carbons (Fsp3) is 0.917. The molecule has 1 saturated carbocycles. The largest absolute Gasteiger partial charge is 0.481 e. The molecule has 0 radical (unpaired) electrons. The fourth-order valence-corrected chi connectivity index (χ4v) is 2.71. The molecule has 82 valence electrons. The summed E-state index contributed by atoms with van der Waals surface area (Å²) in [6.45, 7) is 2.20. The normalized spacial score (nSPS) is 28.4.